The zero-order valence-corrected chi connectivity index (χ0v) is 15.2. The molecule has 2 aromatic carbocycles. The molecule has 134 valence electrons. The van der Waals surface area contributed by atoms with Gasteiger partial charge in [-0.05, 0) is 41.1 Å². The maximum absolute atomic E-state index is 4.78. The van der Waals surface area contributed by atoms with E-state index >= 15 is 0 Å². The Morgan fingerprint density at radius 3 is 2.68 bits per heavy atom. The van der Waals surface area contributed by atoms with Gasteiger partial charge in [-0.25, -0.2) is 4.98 Å². The lowest BCUT2D eigenvalue weighted by molar-refractivity contribution is 0.509. The maximum Gasteiger partial charge on any atom is 0.144 e. The minimum absolute atomic E-state index is 0.354. The molecule has 4 heteroatoms. The maximum atomic E-state index is 4.78. The highest BCUT2D eigenvalue weighted by atomic mass is 15.3. The monoisotopic (exact) mass is 362 g/mol. The molecule has 0 radical (unpaired) electrons. The number of hydrogen-bond acceptors (Lipinski definition) is 3. The molecule has 1 atom stereocenters. The Morgan fingerprint density at radius 1 is 0.893 bits per heavy atom. The third kappa shape index (κ3) is 2.31. The van der Waals surface area contributed by atoms with E-state index in [1.165, 1.54) is 10.8 Å². The molecular formula is C24H18N4. The second-order valence-corrected chi connectivity index (χ2v) is 7.22. The third-order valence-electron chi connectivity index (χ3n) is 5.52. The lowest BCUT2D eigenvalue weighted by Crippen LogP contribution is -2.32. The molecule has 0 amide bonds. The number of pyridine rings is 1. The predicted molar refractivity (Wildman–Crippen MR) is 113 cm³/mol. The standard InChI is InChI=1S/C24H18N4/c1-3-11-27-21(5-1)15-25-23(27)19-9-7-18-14-20(10-8-17(18)13-19)24-26-16-22-6-2-4-12-28(22)24/h1-15,22H,16H2. The number of hydrogen-bond donors (Lipinski definition) is 0. The van der Waals surface area contributed by atoms with E-state index < -0.39 is 0 Å². The molecule has 0 saturated carbocycles. The van der Waals surface area contributed by atoms with Gasteiger partial charge in [0.1, 0.15) is 11.7 Å². The fourth-order valence-electron chi connectivity index (χ4n) is 4.10. The van der Waals surface area contributed by atoms with E-state index in [1.807, 2.05) is 18.3 Å². The number of nitrogens with zero attached hydrogens (tertiary/aromatic N) is 4. The molecule has 4 aromatic rings. The predicted octanol–water partition coefficient (Wildman–Crippen LogP) is 4.67. The van der Waals surface area contributed by atoms with E-state index in [1.54, 1.807) is 0 Å². The number of fused-ring (bicyclic) bond motifs is 3. The van der Waals surface area contributed by atoms with Crippen LogP contribution in [-0.4, -0.2) is 32.7 Å². The lowest BCUT2D eigenvalue weighted by atomic mass is 10.0. The highest BCUT2D eigenvalue weighted by Crippen LogP contribution is 2.27. The summed E-state index contributed by atoms with van der Waals surface area (Å²) < 4.78 is 2.12. The first-order valence-corrected chi connectivity index (χ1v) is 9.51. The fourth-order valence-corrected chi connectivity index (χ4v) is 4.10. The van der Waals surface area contributed by atoms with Crippen molar-refractivity contribution in [1.29, 1.82) is 0 Å². The van der Waals surface area contributed by atoms with Crippen LogP contribution in [-0.2, 0) is 0 Å². The van der Waals surface area contributed by atoms with E-state index in [0.717, 1.165) is 34.8 Å². The summed E-state index contributed by atoms with van der Waals surface area (Å²) in [5.41, 5.74) is 3.38. The zero-order valence-electron chi connectivity index (χ0n) is 15.2. The second-order valence-electron chi connectivity index (χ2n) is 7.22. The summed E-state index contributed by atoms with van der Waals surface area (Å²) >= 11 is 0. The summed E-state index contributed by atoms with van der Waals surface area (Å²) in [7, 11) is 0. The van der Waals surface area contributed by atoms with Gasteiger partial charge >= 0.3 is 0 Å². The summed E-state index contributed by atoms with van der Waals surface area (Å²) in [6, 6.07) is 19.6. The van der Waals surface area contributed by atoms with Gasteiger partial charge in [-0.15, -0.1) is 0 Å². The molecule has 2 aliphatic rings. The van der Waals surface area contributed by atoms with Gasteiger partial charge in [0.05, 0.1) is 24.3 Å². The quantitative estimate of drug-likeness (QED) is 0.519. The zero-order chi connectivity index (χ0) is 18.5. The van der Waals surface area contributed by atoms with E-state index in [0.29, 0.717) is 6.04 Å². The minimum atomic E-state index is 0.354. The SMILES string of the molecule is C1=CC2CN=C(c3ccc4cc(-c5ncc6ccccn56)ccc4c3)N2C=C1. The van der Waals surface area contributed by atoms with Crippen molar-refractivity contribution in [3.63, 3.8) is 0 Å². The van der Waals surface area contributed by atoms with Crippen LogP contribution in [0.4, 0.5) is 0 Å². The van der Waals surface area contributed by atoms with Crippen molar-refractivity contribution in [2.75, 3.05) is 6.54 Å². The van der Waals surface area contributed by atoms with Gasteiger partial charge in [0.15, 0.2) is 0 Å². The Hall–Kier alpha value is -3.66. The van der Waals surface area contributed by atoms with Crippen LogP contribution in [0.2, 0.25) is 0 Å². The fraction of sp³-hybridized carbons (Fsp3) is 0.0833. The van der Waals surface area contributed by atoms with Crippen molar-refractivity contribution in [2.45, 2.75) is 6.04 Å². The van der Waals surface area contributed by atoms with E-state index in [9.17, 15) is 0 Å². The van der Waals surface area contributed by atoms with Crippen LogP contribution in [0.1, 0.15) is 5.56 Å². The van der Waals surface area contributed by atoms with Gasteiger partial charge in [-0.1, -0.05) is 42.5 Å². The molecule has 0 saturated heterocycles. The van der Waals surface area contributed by atoms with E-state index in [2.05, 4.69) is 87.4 Å². The number of allylic oxidation sites excluding steroid dienone is 2. The topological polar surface area (TPSA) is 32.9 Å². The molecule has 0 spiro atoms. The highest BCUT2D eigenvalue weighted by molar-refractivity contribution is 6.04. The summed E-state index contributed by atoms with van der Waals surface area (Å²) in [6.07, 6.45) is 12.5. The molecule has 0 bridgehead atoms. The Balaban J connectivity index is 1.40. The first kappa shape index (κ1) is 15.4. The molecule has 4 heterocycles. The van der Waals surface area contributed by atoms with E-state index in [4.69, 9.17) is 4.99 Å². The first-order valence-electron chi connectivity index (χ1n) is 9.51. The average molecular weight is 362 g/mol. The van der Waals surface area contributed by atoms with Gasteiger partial charge in [-0.2, -0.15) is 0 Å². The Bertz CT molecular complexity index is 1310. The van der Waals surface area contributed by atoms with Gasteiger partial charge in [0.2, 0.25) is 0 Å². The molecule has 2 aliphatic heterocycles. The number of imidazole rings is 1. The number of benzene rings is 2. The number of amidine groups is 1. The summed E-state index contributed by atoms with van der Waals surface area (Å²) in [5.74, 6) is 2.02. The number of aromatic nitrogens is 2. The molecule has 4 nitrogen and oxygen atoms in total. The summed E-state index contributed by atoms with van der Waals surface area (Å²) in [4.78, 5) is 11.7. The molecule has 6 rings (SSSR count). The third-order valence-corrected chi connectivity index (χ3v) is 5.52. The van der Waals surface area contributed by atoms with Gasteiger partial charge < -0.3 is 4.90 Å². The van der Waals surface area contributed by atoms with Crippen molar-refractivity contribution in [1.82, 2.24) is 14.3 Å². The Kier molecular flexibility index (Phi) is 3.26. The van der Waals surface area contributed by atoms with Crippen LogP contribution < -0.4 is 0 Å². The Morgan fingerprint density at radius 2 is 1.75 bits per heavy atom. The molecule has 28 heavy (non-hydrogen) atoms. The molecule has 0 fully saturated rings. The number of aliphatic imine (C=N–C) groups is 1. The Labute approximate surface area is 162 Å². The van der Waals surface area contributed by atoms with Gasteiger partial charge in [0, 0.05) is 23.5 Å². The normalized spacial score (nSPS) is 18.1. The molecule has 0 N–H and O–H groups in total. The van der Waals surface area contributed by atoms with Crippen LogP contribution in [0, 0.1) is 0 Å². The highest BCUT2D eigenvalue weighted by Gasteiger charge is 2.26. The van der Waals surface area contributed by atoms with Gasteiger partial charge in [-0.3, -0.25) is 9.39 Å². The van der Waals surface area contributed by atoms with Crippen molar-refractivity contribution < 1.29 is 0 Å². The van der Waals surface area contributed by atoms with Gasteiger partial charge in [0.25, 0.3) is 0 Å². The number of rotatable bonds is 2. The van der Waals surface area contributed by atoms with Crippen LogP contribution in [0.15, 0.2) is 96.4 Å². The molecule has 0 aliphatic carbocycles. The molecular weight excluding hydrogens is 344 g/mol. The van der Waals surface area contributed by atoms with Crippen LogP contribution in [0.5, 0.6) is 0 Å². The largest absolute Gasteiger partial charge is 0.324 e. The second kappa shape index (κ2) is 5.92. The van der Waals surface area contributed by atoms with Crippen LogP contribution in [0.25, 0.3) is 27.7 Å². The molecule has 2 aromatic heterocycles. The smallest absolute Gasteiger partial charge is 0.144 e. The van der Waals surface area contributed by atoms with Crippen molar-refractivity contribution in [3.8, 4) is 11.4 Å². The van der Waals surface area contributed by atoms with Crippen molar-refractivity contribution in [2.24, 2.45) is 4.99 Å². The first-order chi connectivity index (χ1) is 13.9. The van der Waals surface area contributed by atoms with E-state index in [-0.39, 0.29) is 0 Å². The van der Waals surface area contributed by atoms with Crippen LogP contribution >= 0.6 is 0 Å². The minimum Gasteiger partial charge on any atom is -0.324 e. The lowest BCUT2D eigenvalue weighted by Gasteiger charge is -2.24. The molecule has 1 unspecified atom stereocenters. The van der Waals surface area contributed by atoms with Crippen LogP contribution in [0.3, 0.4) is 0 Å². The summed E-state index contributed by atoms with van der Waals surface area (Å²) in [6.45, 7) is 0.820. The summed E-state index contributed by atoms with van der Waals surface area (Å²) in [5, 5.41) is 2.42. The van der Waals surface area contributed by atoms with Crippen molar-refractivity contribution in [3.05, 3.63) is 97.0 Å². The van der Waals surface area contributed by atoms with Crippen molar-refractivity contribution >= 4 is 22.1 Å². The average Bonchev–Trinajstić information content (AvgIpc) is 3.37.